The largest absolute Gasteiger partial charge is 0.493 e. The van der Waals surface area contributed by atoms with Crippen LogP contribution in [0.25, 0.3) is 27.8 Å². The van der Waals surface area contributed by atoms with Crippen molar-refractivity contribution in [1.29, 1.82) is 0 Å². The van der Waals surface area contributed by atoms with Crippen LogP contribution in [0, 0.1) is 0 Å². The first kappa shape index (κ1) is 23.6. The zero-order valence-electron chi connectivity index (χ0n) is 19.9. The lowest BCUT2D eigenvalue weighted by molar-refractivity contribution is -0.131. The van der Waals surface area contributed by atoms with Gasteiger partial charge in [-0.15, -0.1) is 0 Å². The number of benzene rings is 2. The highest BCUT2D eigenvalue weighted by Gasteiger charge is 2.22. The molecule has 0 saturated carbocycles. The highest BCUT2D eigenvalue weighted by atomic mass is 16.5. The van der Waals surface area contributed by atoms with Gasteiger partial charge in [0.1, 0.15) is 11.4 Å². The number of aliphatic carboxylic acids is 1. The minimum Gasteiger partial charge on any atom is -0.493 e. The molecule has 1 heterocycles. The van der Waals surface area contributed by atoms with E-state index in [0.29, 0.717) is 24.5 Å². The molecule has 0 atom stereocenters. The lowest BCUT2D eigenvalue weighted by Gasteiger charge is -2.20. The molecular weight excluding hydrogens is 402 g/mol. The second kappa shape index (κ2) is 10.0. The van der Waals surface area contributed by atoms with Gasteiger partial charge < -0.3 is 14.4 Å². The lowest BCUT2D eigenvalue weighted by atomic mass is 9.90. The number of aromatic nitrogens is 1. The van der Waals surface area contributed by atoms with E-state index in [1.807, 2.05) is 32.0 Å². The summed E-state index contributed by atoms with van der Waals surface area (Å²) >= 11 is 0. The summed E-state index contributed by atoms with van der Waals surface area (Å²) in [5.74, 6) is 0.536. The molecule has 0 bridgehead atoms. The standard InChI is InChI=1S/C27H33NO4/c1-7-9-18(15-25(29)30)19-10-11-24-22(12-19)26(28-32-24)23-14-20(16(3)4)13-21(17(5)6)27(23)31-8-2/h10-17H,7-9H2,1-6H3,(H,29,30)/b18-15+. The van der Waals surface area contributed by atoms with E-state index in [4.69, 9.17) is 9.26 Å². The van der Waals surface area contributed by atoms with E-state index in [1.165, 1.54) is 11.6 Å². The summed E-state index contributed by atoms with van der Waals surface area (Å²) in [6.07, 6.45) is 2.83. The number of carboxylic acids is 1. The van der Waals surface area contributed by atoms with Crippen molar-refractivity contribution in [2.75, 3.05) is 6.61 Å². The van der Waals surface area contributed by atoms with Gasteiger partial charge in [0.05, 0.1) is 12.0 Å². The van der Waals surface area contributed by atoms with Crippen LogP contribution in [-0.4, -0.2) is 22.8 Å². The van der Waals surface area contributed by atoms with Crippen LogP contribution in [0.15, 0.2) is 40.9 Å². The first-order valence-electron chi connectivity index (χ1n) is 11.4. The van der Waals surface area contributed by atoms with E-state index in [1.54, 1.807) is 0 Å². The molecule has 32 heavy (non-hydrogen) atoms. The number of allylic oxidation sites excluding steroid dienone is 1. The van der Waals surface area contributed by atoms with Crippen molar-refractivity contribution in [3.63, 3.8) is 0 Å². The Balaban J connectivity index is 2.28. The van der Waals surface area contributed by atoms with E-state index in [-0.39, 0.29) is 5.92 Å². The maximum atomic E-state index is 11.4. The van der Waals surface area contributed by atoms with Crippen LogP contribution in [0.4, 0.5) is 0 Å². The fourth-order valence-corrected chi connectivity index (χ4v) is 3.97. The number of rotatable bonds is 9. The Morgan fingerprint density at radius 2 is 1.88 bits per heavy atom. The summed E-state index contributed by atoms with van der Waals surface area (Å²) in [5.41, 5.74) is 6.33. The third-order valence-electron chi connectivity index (χ3n) is 5.63. The topological polar surface area (TPSA) is 72.6 Å². The smallest absolute Gasteiger partial charge is 0.328 e. The van der Waals surface area contributed by atoms with Gasteiger partial charge >= 0.3 is 5.97 Å². The van der Waals surface area contributed by atoms with Crippen LogP contribution in [0.5, 0.6) is 5.75 Å². The molecule has 3 rings (SSSR count). The minimum absolute atomic E-state index is 0.289. The first-order valence-corrected chi connectivity index (χ1v) is 11.4. The summed E-state index contributed by atoms with van der Waals surface area (Å²) < 4.78 is 11.8. The fourth-order valence-electron chi connectivity index (χ4n) is 3.97. The van der Waals surface area contributed by atoms with Crippen molar-refractivity contribution < 1.29 is 19.2 Å². The van der Waals surface area contributed by atoms with Gasteiger partial charge in [-0.2, -0.15) is 0 Å². The van der Waals surface area contributed by atoms with Gasteiger partial charge in [0.25, 0.3) is 0 Å². The van der Waals surface area contributed by atoms with Crippen molar-refractivity contribution in [3.05, 3.63) is 53.1 Å². The number of hydrogen-bond donors (Lipinski definition) is 1. The zero-order chi connectivity index (χ0) is 23.4. The average molecular weight is 436 g/mol. The number of ether oxygens (including phenoxy) is 1. The molecule has 5 heteroatoms. The Labute approximate surface area is 190 Å². The summed E-state index contributed by atoms with van der Waals surface area (Å²) in [5, 5.41) is 14.6. The molecule has 0 fully saturated rings. The van der Waals surface area contributed by atoms with Gasteiger partial charge in [0.15, 0.2) is 5.58 Å². The molecule has 0 aliphatic heterocycles. The minimum atomic E-state index is -0.941. The molecule has 2 aromatic carbocycles. The molecular formula is C27H33NO4. The second-order valence-corrected chi connectivity index (χ2v) is 8.73. The van der Waals surface area contributed by atoms with Gasteiger partial charge in [-0.1, -0.05) is 58.3 Å². The molecule has 0 saturated heterocycles. The van der Waals surface area contributed by atoms with Gasteiger partial charge in [0.2, 0.25) is 0 Å². The highest BCUT2D eigenvalue weighted by molar-refractivity contribution is 5.97. The van der Waals surface area contributed by atoms with E-state index < -0.39 is 5.97 Å². The second-order valence-electron chi connectivity index (χ2n) is 8.73. The van der Waals surface area contributed by atoms with Crippen LogP contribution < -0.4 is 4.74 Å². The van der Waals surface area contributed by atoms with Crippen molar-refractivity contribution in [2.24, 2.45) is 0 Å². The monoisotopic (exact) mass is 435 g/mol. The summed E-state index contributed by atoms with van der Waals surface area (Å²) in [6, 6.07) is 10.1. The molecule has 1 N–H and O–H groups in total. The quantitative estimate of drug-likeness (QED) is 0.354. The molecule has 3 aromatic rings. The van der Waals surface area contributed by atoms with Crippen molar-refractivity contribution in [3.8, 4) is 17.0 Å². The van der Waals surface area contributed by atoms with E-state index in [9.17, 15) is 9.90 Å². The predicted octanol–water partition coefficient (Wildman–Crippen LogP) is 7.41. The summed E-state index contributed by atoms with van der Waals surface area (Å²) in [6.45, 7) is 13.3. The summed E-state index contributed by atoms with van der Waals surface area (Å²) in [7, 11) is 0. The molecule has 0 aliphatic rings. The Bertz CT molecular complexity index is 1140. The third kappa shape index (κ3) is 4.87. The highest BCUT2D eigenvalue weighted by Crippen LogP contribution is 2.42. The normalized spacial score (nSPS) is 12.2. The molecule has 170 valence electrons. The van der Waals surface area contributed by atoms with E-state index in [0.717, 1.165) is 45.5 Å². The summed E-state index contributed by atoms with van der Waals surface area (Å²) in [4.78, 5) is 11.4. The SMILES string of the molecule is CCC/C(=C\C(=O)O)c1ccc2onc(-c3cc(C(C)C)cc(C(C)C)c3OCC)c2c1. The third-order valence-corrected chi connectivity index (χ3v) is 5.63. The number of nitrogens with zero attached hydrogens (tertiary/aromatic N) is 1. The Morgan fingerprint density at radius 3 is 2.47 bits per heavy atom. The predicted molar refractivity (Wildman–Crippen MR) is 129 cm³/mol. The number of fused-ring (bicyclic) bond motifs is 1. The molecule has 0 aliphatic carbocycles. The van der Waals surface area contributed by atoms with Gasteiger partial charge in [0, 0.05) is 11.6 Å². The Kier molecular flexibility index (Phi) is 7.39. The number of carboxylic acid groups (broad SMARTS) is 1. The Hall–Kier alpha value is -3.08. The molecule has 1 aromatic heterocycles. The fraction of sp³-hybridized carbons (Fsp3) is 0.407. The van der Waals surface area contributed by atoms with Crippen LogP contribution in [0.1, 0.15) is 82.9 Å². The number of carbonyl (C=O) groups is 1. The average Bonchev–Trinajstić information content (AvgIpc) is 3.16. The molecule has 0 radical (unpaired) electrons. The van der Waals surface area contributed by atoms with Crippen LogP contribution in [0.2, 0.25) is 0 Å². The maximum absolute atomic E-state index is 11.4. The molecule has 5 nitrogen and oxygen atoms in total. The maximum Gasteiger partial charge on any atom is 0.328 e. The first-order chi connectivity index (χ1) is 15.3. The number of hydrogen-bond acceptors (Lipinski definition) is 4. The zero-order valence-corrected chi connectivity index (χ0v) is 19.9. The van der Waals surface area contributed by atoms with Crippen molar-refractivity contribution in [2.45, 2.75) is 66.2 Å². The lowest BCUT2D eigenvalue weighted by Crippen LogP contribution is -2.03. The van der Waals surface area contributed by atoms with E-state index >= 15 is 0 Å². The Morgan fingerprint density at radius 1 is 1.12 bits per heavy atom. The van der Waals surface area contributed by atoms with Crippen LogP contribution in [0.3, 0.4) is 0 Å². The van der Waals surface area contributed by atoms with Gasteiger partial charge in [-0.05, 0) is 65.6 Å². The molecule has 0 spiro atoms. The van der Waals surface area contributed by atoms with Crippen LogP contribution >= 0.6 is 0 Å². The van der Waals surface area contributed by atoms with Crippen LogP contribution in [-0.2, 0) is 4.79 Å². The molecule has 0 unspecified atom stereocenters. The van der Waals surface area contributed by atoms with Gasteiger partial charge in [-0.25, -0.2) is 4.79 Å². The van der Waals surface area contributed by atoms with E-state index in [2.05, 4.69) is 45.0 Å². The van der Waals surface area contributed by atoms with Crippen molar-refractivity contribution in [1.82, 2.24) is 5.16 Å². The van der Waals surface area contributed by atoms with Gasteiger partial charge in [-0.3, -0.25) is 0 Å². The van der Waals surface area contributed by atoms with Crippen molar-refractivity contribution >= 4 is 22.5 Å². The molecule has 0 amide bonds.